The smallest absolute Gasteiger partial charge is 0.160 e. The molecule has 1 aliphatic heterocycles. The predicted molar refractivity (Wildman–Crippen MR) is 141 cm³/mol. The number of hydrogen-bond donors (Lipinski definition) is 0. The summed E-state index contributed by atoms with van der Waals surface area (Å²) in [5.74, 6) is 0.790. The van der Waals surface area contributed by atoms with Gasteiger partial charge in [0.25, 0.3) is 0 Å². The first kappa shape index (κ1) is 19.8. The molecule has 0 N–H and O–H groups in total. The van der Waals surface area contributed by atoms with Crippen LogP contribution in [0.25, 0.3) is 45.0 Å². The van der Waals surface area contributed by atoms with E-state index in [9.17, 15) is 0 Å². The van der Waals surface area contributed by atoms with E-state index >= 15 is 0 Å². The molecule has 4 aromatic carbocycles. The van der Waals surface area contributed by atoms with Gasteiger partial charge in [-0.15, -0.1) is 0 Å². The van der Waals surface area contributed by atoms with Gasteiger partial charge in [0.05, 0.1) is 11.4 Å². The molecule has 33 heavy (non-hydrogen) atoms. The molecule has 0 fully saturated rings. The number of benzene rings is 4. The maximum Gasteiger partial charge on any atom is 0.160 e. The molecule has 0 unspecified atom stereocenters. The molecule has 3 heteroatoms. The fourth-order valence-corrected chi connectivity index (χ4v) is 8.23. The third-order valence-corrected chi connectivity index (χ3v) is 10.2. The molecule has 158 valence electrons. The Labute approximate surface area is 195 Å². The lowest BCUT2D eigenvalue weighted by Gasteiger charge is -2.21. The first-order valence-electron chi connectivity index (χ1n) is 11.4. The van der Waals surface area contributed by atoms with Gasteiger partial charge >= 0.3 is 0 Å². The fourth-order valence-electron chi connectivity index (χ4n) is 4.99. The van der Waals surface area contributed by atoms with Crippen LogP contribution in [-0.2, 0) is 0 Å². The number of hydrogen-bond acceptors (Lipinski definition) is 2. The lowest BCUT2D eigenvalue weighted by molar-refractivity contribution is 1.20. The van der Waals surface area contributed by atoms with Crippen molar-refractivity contribution in [2.75, 3.05) is 0 Å². The SMILES string of the molecule is C[Si]1(C)c2ccccc2-c2nc(-c3ccccc3)nc(-c3ccc(-c4ccccc4)cc3)c21. The van der Waals surface area contributed by atoms with Crippen molar-refractivity contribution in [1.82, 2.24) is 9.97 Å². The molecule has 5 aromatic rings. The predicted octanol–water partition coefficient (Wildman–Crippen LogP) is 6.28. The molecule has 1 aliphatic rings. The second-order valence-corrected chi connectivity index (χ2v) is 13.4. The molecule has 0 aliphatic carbocycles. The van der Waals surface area contributed by atoms with Gasteiger partial charge in [0.1, 0.15) is 8.07 Å². The number of nitrogens with zero attached hydrogens (tertiary/aromatic N) is 2. The molecule has 0 radical (unpaired) electrons. The summed E-state index contributed by atoms with van der Waals surface area (Å²) in [6.45, 7) is 4.84. The zero-order chi connectivity index (χ0) is 22.4. The maximum atomic E-state index is 5.19. The van der Waals surface area contributed by atoms with Gasteiger partial charge < -0.3 is 0 Å². The van der Waals surface area contributed by atoms with Crippen LogP contribution < -0.4 is 10.4 Å². The summed E-state index contributed by atoms with van der Waals surface area (Å²) >= 11 is 0. The first-order valence-corrected chi connectivity index (χ1v) is 14.4. The molecule has 0 spiro atoms. The van der Waals surface area contributed by atoms with E-state index < -0.39 is 8.07 Å². The van der Waals surface area contributed by atoms with Gasteiger partial charge in [0.15, 0.2) is 5.82 Å². The molecule has 0 saturated carbocycles. The van der Waals surface area contributed by atoms with E-state index in [1.54, 1.807) is 0 Å². The van der Waals surface area contributed by atoms with Crippen LogP contribution in [0.3, 0.4) is 0 Å². The molecule has 0 amide bonds. The van der Waals surface area contributed by atoms with Crippen LogP contribution in [0.1, 0.15) is 0 Å². The lowest BCUT2D eigenvalue weighted by Crippen LogP contribution is -2.50. The fraction of sp³-hybridized carbons (Fsp3) is 0.0667. The molecule has 2 heterocycles. The standard InChI is InChI=1S/C30H24N2Si/c1-33(2)26-16-10-9-15-25(26)28-29(33)27(31-30(32-28)24-13-7-4-8-14-24)23-19-17-22(18-20-23)21-11-5-3-6-12-21/h3-20H,1-2H3. The summed E-state index contributed by atoms with van der Waals surface area (Å²) in [6.07, 6.45) is 0. The average Bonchev–Trinajstić information content (AvgIpc) is 3.12. The zero-order valence-corrected chi connectivity index (χ0v) is 19.8. The Morgan fingerprint density at radius 2 is 1.00 bits per heavy atom. The van der Waals surface area contributed by atoms with Gasteiger partial charge in [-0.05, 0) is 27.1 Å². The largest absolute Gasteiger partial charge is 0.228 e. The van der Waals surface area contributed by atoms with Crippen LogP contribution in [-0.4, -0.2) is 18.0 Å². The van der Waals surface area contributed by atoms with Gasteiger partial charge in [-0.1, -0.05) is 122 Å². The van der Waals surface area contributed by atoms with Crippen molar-refractivity contribution in [2.45, 2.75) is 13.1 Å². The summed E-state index contributed by atoms with van der Waals surface area (Å²) in [4.78, 5) is 10.3. The second kappa shape index (κ2) is 7.64. The number of aromatic nitrogens is 2. The van der Waals surface area contributed by atoms with E-state index in [0.29, 0.717) is 0 Å². The minimum absolute atomic E-state index is 0.790. The Bertz CT molecular complexity index is 1460. The Morgan fingerprint density at radius 1 is 0.485 bits per heavy atom. The van der Waals surface area contributed by atoms with Crippen LogP contribution in [0.2, 0.25) is 13.1 Å². The first-order chi connectivity index (χ1) is 16.1. The number of rotatable bonds is 3. The molecule has 0 atom stereocenters. The van der Waals surface area contributed by atoms with E-state index in [2.05, 4.69) is 104 Å². The lowest BCUT2D eigenvalue weighted by atomic mass is 10.0. The molecule has 6 rings (SSSR count). The van der Waals surface area contributed by atoms with E-state index in [1.165, 1.54) is 27.1 Å². The van der Waals surface area contributed by atoms with Crippen molar-refractivity contribution >= 4 is 18.4 Å². The summed E-state index contributed by atoms with van der Waals surface area (Å²) < 4.78 is 0. The monoisotopic (exact) mass is 440 g/mol. The van der Waals surface area contributed by atoms with Crippen molar-refractivity contribution in [3.63, 3.8) is 0 Å². The van der Waals surface area contributed by atoms with Gasteiger partial charge in [0.2, 0.25) is 0 Å². The highest BCUT2D eigenvalue weighted by molar-refractivity contribution is 7.04. The third kappa shape index (κ3) is 3.24. The minimum atomic E-state index is -1.94. The van der Waals surface area contributed by atoms with Crippen molar-refractivity contribution < 1.29 is 0 Å². The molecule has 1 aromatic heterocycles. The molecular formula is C30H24N2Si. The summed E-state index contributed by atoms with van der Waals surface area (Å²) in [6, 6.07) is 38.5. The van der Waals surface area contributed by atoms with E-state index in [4.69, 9.17) is 9.97 Å². The van der Waals surface area contributed by atoms with Crippen molar-refractivity contribution in [1.29, 1.82) is 0 Å². The Hall–Kier alpha value is -3.82. The number of fused-ring (bicyclic) bond motifs is 3. The van der Waals surface area contributed by atoms with E-state index in [0.717, 1.165) is 28.3 Å². The average molecular weight is 441 g/mol. The van der Waals surface area contributed by atoms with Crippen LogP contribution in [0, 0.1) is 0 Å². The van der Waals surface area contributed by atoms with E-state index in [-0.39, 0.29) is 0 Å². The third-order valence-electron chi connectivity index (χ3n) is 6.69. The second-order valence-electron chi connectivity index (χ2n) is 9.10. The molecular weight excluding hydrogens is 416 g/mol. The van der Waals surface area contributed by atoms with Crippen molar-refractivity contribution in [3.05, 3.63) is 109 Å². The molecule has 0 saturated heterocycles. The highest BCUT2D eigenvalue weighted by Crippen LogP contribution is 2.33. The highest BCUT2D eigenvalue weighted by Gasteiger charge is 2.41. The van der Waals surface area contributed by atoms with E-state index in [1.807, 2.05) is 18.2 Å². The zero-order valence-electron chi connectivity index (χ0n) is 18.8. The summed E-state index contributed by atoms with van der Waals surface area (Å²) in [5, 5.41) is 2.79. The van der Waals surface area contributed by atoms with Crippen molar-refractivity contribution in [3.8, 4) is 45.0 Å². The Morgan fingerprint density at radius 3 is 1.70 bits per heavy atom. The Balaban J connectivity index is 1.58. The normalized spacial score (nSPS) is 13.4. The molecule has 0 bridgehead atoms. The van der Waals surface area contributed by atoms with Crippen LogP contribution in [0.5, 0.6) is 0 Å². The van der Waals surface area contributed by atoms with Gasteiger partial charge in [-0.3, -0.25) is 0 Å². The Kier molecular flexibility index (Phi) is 4.59. The summed E-state index contributed by atoms with van der Waals surface area (Å²) in [7, 11) is -1.94. The quantitative estimate of drug-likeness (QED) is 0.309. The highest BCUT2D eigenvalue weighted by atomic mass is 28.3. The topological polar surface area (TPSA) is 25.8 Å². The van der Waals surface area contributed by atoms with Crippen LogP contribution >= 0.6 is 0 Å². The van der Waals surface area contributed by atoms with Gasteiger partial charge in [0, 0.05) is 11.1 Å². The molecule has 2 nitrogen and oxygen atoms in total. The van der Waals surface area contributed by atoms with Gasteiger partial charge in [-0.2, -0.15) is 0 Å². The minimum Gasteiger partial charge on any atom is -0.228 e. The summed E-state index contributed by atoms with van der Waals surface area (Å²) in [5.41, 5.74) is 8.10. The maximum absolute atomic E-state index is 5.19. The van der Waals surface area contributed by atoms with Crippen molar-refractivity contribution in [2.24, 2.45) is 0 Å². The van der Waals surface area contributed by atoms with Crippen LogP contribution in [0.15, 0.2) is 109 Å². The van der Waals surface area contributed by atoms with Gasteiger partial charge in [-0.25, -0.2) is 9.97 Å². The van der Waals surface area contributed by atoms with Crippen LogP contribution in [0.4, 0.5) is 0 Å².